The van der Waals surface area contributed by atoms with Crippen molar-refractivity contribution in [2.75, 3.05) is 33.9 Å². The molecule has 0 radical (unpaired) electrons. The Morgan fingerprint density at radius 3 is 2.23 bits per heavy atom. The Morgan fingerprint density at radius 2 is 1.61 bits per heavy atom. The SMILES string of the molecule is COc1ccc(C(=O)N2CCNC(=O)[C@H]([C@@H](C)O)NC(=O)[C@H](Cc3ccccc3)NC(=O)[C@@H](C(C)C)NC(=O)C2)c(OC)c1. The molecule has 0 unspecified atom stereocenters. The summed E-state index contributed by atoms with van der Waals surface area (Å²) >= 11 is 0. The van der Waals surface area contributed by atoms with E-state index >= 15 is 0 Å². The first-order valence-electron chi connectivity index (χ1n) is 14.4. The molecule has 2 aromatic carbocycles. The van der Waals surface area contributed by atoms with Crippen molar-refractivity contribution in [2.24, 2.45) is 5.92 Å². The highest BCUT2D eigenvalue weighted by Crippen LogP contribution is 2.25. The Bertz CT molecular complexity index is 1330. The van der Waals surface area contributed by atoms with Gasteiger partial charge in [0.15, 0.2) is 0 Å². The number of nitrogens with one attached hydrogen (secondary N) is 4. The van der Waals surface area contributed by atoms with E-state index in [2.05, 4.69) is 21.3 Å². The van der Waals surface area contributed by atoms with Crippen LogP contribution < -0.4 is 30.7 Å². The van der Waals surface area contributed by atoms with Crippen LogP contribution >= 0.6 is 0 Å². The number of aliphatic hydroxyl groups excluding tert-OH is 1. The minimum absolute atomic E-state index is 0.0945. The molecule has 0 aromatic heterocycles. The third-order valence-electron chi connectivity index (χ3n) is 7.19. The zero-order chi connectivity index (χ0) is 32.4. The molecule has 0 bridgehead atoms. The summed E-state index contributed by atoms with van der Waals surface area (Å²) < 4.78 is 10.6. The van der Waals surface area contributed by atoms with E-state index in [0.29, 0.717) is 5.75 Å². The van der Waals surface area contributed by atoms with Crippen LogP contribution in [0.4, 0.5) is 0 Å². The molecule has 0 saturated carbocycles. The van der Waals surface area contributed by atoms with E-state index in [-0.39, 0.29) is 36.7 Å². The number of carbonyl (C=O) groups is 5. The van der Waals surface area contributed by atoms with Crippen molar-refractivity contribution >= 4 is 29.5 Å². The standard InChI is InChI=1S/C31H41N5O8/c1-18(2)26-30(41)33-23(15-20-9-7-6-8-10-20)28(39)35-27(19(3)37)29(40)32-13-14-36(17-25(38)34-26)31(42)22-12-11-21(43-4)16-24(22)44-5/h6-12,16,18-19,23,26-27,37H,13-15,17H2,1-5H3,(H,32,40)(H,33,41)(H,34,38)(H,35,39)/t19-,23+,26-,27+/m1/s1. The summed E-state index contributed by atoms with van der Waals surface area (Å²) in [6, 6.07) is 10.1. The molecule has 1 heterocycles. The van der Waals surface area contributed by atoms with Gasteiger partial charge in [0, 0.05) is 25.6 Å². The van der Waals surface area contributed by atoms with Crippen molar-refractivity contribution in [3.63, 3.8) is 0 Å². The van der Waals surface area contributed by atoms with Gasteiger partial charge in [0.2, 0.25) is 23.6 Å². The first kappa shape index (κ1) is 33.8. The minimum atomic E-state index is -1.35. The Labute approximate surface area is 256 Å². The Kier molecular flexibility index (Phi) is 12.1. The molecule has 1 fully saturated rings. The first-order valence-corrected chi connectivity index (χ1v) is 14.4. The summed E-state index contributed by atoms with van der Waals surface area (Å²) in [6.45, 7) is 4.18. The van der Waals surface area contributed by atoms with E-state index in [1.807, 2.05) is 6.07 Å². The molecule has 0 aliphatic carbocycles. The van der Waals surface area contributed by atoms with E-state index < -0.39 is 60.3 Å². The highest BCUT2D eigenvalue weighted by atomic mass is 16.5. The lowest BCUT2D eigenvalue weighted by molar-refractivity contribution is -0.135. The number of ether oxygens (including phenoxy) is 2. The van der Waals surface area contributed by atoms with Gasteiger partial charge in [-0.05, 0) is 30.5 Å². The molecule has 1 saturated heterocycles. The van der Waals surface area contributed by atoms with Crippen LogP contribution in [0, 0.1) is 5.92 Å². The molecule has 5 N–H and O–H groups in total. The maximum Gasteiger partial charge on any atom is 0.258 e. The largest absolute Gasteiger partial charge is 0.497 e. The second-order valence-electron chi connectivity index (χ2n) is 10.9. The van der Waals surface area contributed by atoms with Crippen LogP contribution in [0.5, 0.6) is 11.5 Å². The summed E-state index contributed by atoms with van der Waals surface area (Å²) in [4.78, 5) is 68.2. The third-order valence-corrected chi connectivity index (χ3v) is 7.19. The van der Waals surface area contributed by atoms with Gasteiger partial charge in [-0.1, -0.05) is 44.2 Å². The van der Waals surface area contributed by atoms with Crippen molar-refractivity contribution in [1.29, 1.82) is 0 Å². The van der Waals surface area contributed by atoms with Crippen LogP contribution in [0.2, 0.25) is 0 Å². The van der Waals surface area contributed by atoms with Gasteiger partial charge in [-0.25, -0.2) is 0 Å². The lowest BCUT2D eigenvalue weighted by atomic mass is 10.0. The summed E-state index contributed by atoms with van der Waals surface area (Å²) in [7, 11) is 2.87. The van der Waals surface area contributed by atoms with Crippen molar-refractivity contribution in [3.8, 4) is 11.5 Å². The number of nitrogens with zero attached hydrogens (tertiary/aromatic N) is 1. The molecule has 1 aliphatic rings. The van der Waals surface area contributed by atoms with Crippen LogP contribution in [0.25, 0.3) is 0 Å². The van der Waals surface area contributed by atoms with Gasteiger partial charge in [0.05, 0.1) is 32.4 Å². The molecule has 1 aliphatic heterocycles. The second kappa shape index (κ2) is 15.7. The number of carbonyl (C=O) groups excluding carboxylic acids is 5. The smallest absolute Gasteiger partial charge is 0.258 e. The summed E-state index contributed by atoms with van der Waals surface area (Å²) in [6.07, 6.45) is -1.19. The van der Waals surface area contributed by atoms with E-state index in [0.717, 1.165) is 5.56 Å². The number of hydrogen-bond donors (Lipinski definition) is 5. The first-order chi connectivity index (χ1) is 20.9. The maximum atomic E-state index is 13.6. The number of hydrogen-bond acceptors (Lipinski definition) is 8. The predicted octanol–water partition coefficient (Wildman–Crippen LogP) is 0.00970. The van der Waals surface area contributed by atoms with Gasteiger partial charge in [0.1, 0.15) is 29.6 Å². The quantitative estimate of drug-likeness (QED) is 0.291. The van der Waals surface area contributed by atoms with Gasteiger partial charge >= 0.3 is 0 Å². The van der Waals surface area contributed by atoms with Crippen LogP contribution in [0.3, 0.4) is 0 Å². The molecular weight excluding hydrogens is 570 g/mol. The zero-order valence-electron chi connectivity index (χ0n) is 25.6. The van der Waals surface area contributed by atoms with Crippen molar-refractivity contribution in [1.82, 2.24) is 26.2 Å². The summed E-state index contributed by atoms with van der Waals surface area (Å²) in [5, 5.41) is 21.0. The number of amides is 5. The fourth-order valence-electron chi connectivity index (χ4n) is 4.73. The van der Waals surface area contributed by atoms with Gasteiger partial charge in [-0.3, -0.25) is 24.0 Å². The molecule has 4 atom stereocenters. The van der Waals surface area contributed by atoms with E-state index in [4.69, 9.17) is 9.47 Å². The van der Waals surface area contributed by atoms with Gasteiger partial charge in [0.25, 0.3) is 5.91 Å². The molecule has 44 heavy (non-hydrogen) atoms. The van der Waals surface area contributed by atoms with Gasteiger partial charge < -0.3 is 40.7 Å². The van der Waals surface area contributed by atoms with Crippen LogP contribution in [0.15, 0.2) is 48.5 Å². The van der Waals surface area contributed by atoms with Crippen molar-refractivity contribution < 1.29 is 38.6 Å². The average molecular weight is 612 g/mol. The van der Waals surface area contributed by atoms with Gasteiger partial charge in [-0.15, -0.1) is 0 Å². The van der Waals surface area contributed by atoms with Crippen LogP contribution in [0.1, 0.15) is 36.7 Å². The van der Waals surface area contributed by atoms with Crippen molar-refractivity contribution in [2.45, 2.75) is 51.4 Å². The highest BCUT2D eigenvalue weighted by Gasteiger charge is 2.34. The Hall–Kier alpha value is -4.65. The molecular formula is C31H41N5O8. The molecule has 13 nitrogen and oxygen atoms in total. The molecule has 2 aromatic rings. The molecule has 3 rings (SSSR count). The molecule has 238 valence electrons. The third kappa shape index (κ3) is 8.93. The predicted molar refractivity (Wildman–Crippen MR) is 161 cm³/mol. The Morgan fingerprint density at radius 1 is 0.909 bits per heavy atom. The Balaban J connectivity index is 1.97. The number of rotatable bonds is 7. The lowest BCUT2D eigenvalue weighted by Gasteiger charge is -2.27. The molecule has 0 spiro atoms. The van der Waals surface area contributed by atoms with Gasteiger partial charge in [-0.2, -0.15) is 0 Å². The molecule has 5 amide bonds. The van der Waals surface area contributed by atoms with Crippen LogP contribution in [-0.2, 0) is 25.6 Å². The van der Waals surface area contributed by atoms with E-state index in [1.165, 1.54) is 38.2 Å². The maximum absolute atomic E-state index is 13.6. The second-order valence-corrected chi connectivity index (χ2v) is 10.9. The lowest BCUT2D eigenvalue weighted by Crippen LogP contribution is -2.60. The number of methoxy groups -OCH3 is 2. The summed E-state index contributed by atoms with van der Waals surface area (Å²) in [5.74, 6) is -2.89. The van der Waals surface area contributed by atoms with E-state index in [9.17, 15) is 29.1 Å². The minimum Gasteiger partial charge on any atom is -0.497 e. The normalized spacial score (nSPS) is 21.2. The van der Waals surface area contributed by atoms with Crippen molar-refractivity contribution in [3.05, 3.63) is 59.7 Å². The number of benzene rings is 2. The number of aliphatic hydroxyl groups is 1. The monoisotopic (exact) mass is 611 g/mol. The summed E-state index contributed by atoms with van der Waals surface area (Å²) in [5.41, 5.74) is 0.901. The topological polar surface area (TPSA) is 175 Å². The fraction of sp³-hybridized carbons (Fsp3) is 0.452. The van der Waals surface area contributed by atoms with E-state index in [1.54, 1.807) is 44.2 Å². The average Bonchev–Trinajstić information content (AvgIpc) is 3.00. The zero-order valence-corrected chi connectivity index (χ0v) is 25.6. The highest BCUT2D eigenvalue weighted by molar-refractivity contribution is 6.00. The molecule has 13 heteroatoms. The fourth-order valence-corrected chi connectivity index (χ4v) is 4.73. The van der Waals surface area contributed by atoms with Crippen LogP contribution in [-0.4, -0.2) is 97.6 Å².